The van der Waals surface area contributed by atoms with E-state index in [1.165, 1.54) is 38.3 Å². The quantitative estimate of drug-likeness (QED) is 0.119. The molecule has 314 valence electrons. The second-order valence-corrected chi connectivity index (χ2v) is 22.9. The van der Waals surface area contributed by atoms with Crippen molar-refractivity contribution < 1.29 is 0 Å². The van der Waals surface area contributed by atoms with Gasteiger partial charge in [0.2, 0.25) is 11.9 Å². The van der Waals surface area contributed by atoms with Gasteiger partial charge < -0.3 is 0 Å². The van der Waals surface area contributed by atoms with Crippen LogP contribution in [0.4, 0.5) is 0 Å². The van der Waals surface area contributed by atoms with Crippen LogP contribution in [0.15, 0.2) is 200 Å². The summed E-state index contributed by atoms with van der Waals surface area (Å²) in [5.74, 6) is 1.76. The third-order valence-corrected chi connectivity index (χ3v) is 19.2. The minimum atomic E-state index is -2.99. The summed E-state index contributed by atoms with van der Waals surface area (Å²) in [6.45, 7) is 9.70. The van der Waals surface area contributed by atoms with Crippen LogP contribution in [0, 0.1) is 0 Å². The van der Waals surface area contributed by atoms with Crippen molar-refractivity contribution in [2.75, 3.05) is 0 Å². The lowest BCUT2D eigenvalue weighted by molar-refractivity contribution is 0.332. The molecule has 0 saturated carbocycles. The molecule has 8 aromatic carbocycles. The van der Waals surface area contributed by atoms with E-state index < -0.39 is 8.07 Å². The lowest BCUT2D eigenvalue weighted by Crippen LogP contribution is -2.75. The Labute approximate surface area is 380 Å². The highest BCUT2D eigenvalue weighted by molar-refractivity contribution is 7.20. The third kappa shape index (κ3) is 6.08. The van der Waals surface area contributed by atoms with Crippen molar-refractivity contribution in [2.45, 2.75) is 51.4 Å². The number of nitrogens with zero attached hydrogens (tertiary/aromatic N) is 5. The van der Waals surface area contributed by atoms with Gasteiger partial charge in [0.15, 0.2) is 13.9 Å². The second-order valence-electron chi connectivity index (χ2n) is 19.1. The molecule has 0 saturated heterocycles. The smallest absolute Gasteiger partial charge is 0.240 e. The van der Waals surface area contributed by atoms with E-state index >= 15 is 0 Å². The first kappa shape index (κ1) is 39.2. The Hall–Kier alpha value is -7.41. The largest absolute Gasteiger partial charge is 0.278 e. The lowest BCUT2D eigenvalue weighted by Gasteiger charge is -2.43. The molecule has 3 aromatic heterocycles. The van der Waals surface area contributed by atoms with Gasteiger partial charge in [-0.2, -0.15) is 15.0 Å². The maximum atomic E-state index is 5.49. The van der Waals surface area contributed by atoms with E-state index in [1.54, 1.807) is 0 Å². The van der Waals surface area contributed by atoms with Crippen LogP contribution in [0.2, 0.25) is 0 Å². The molecule has 0 amide bonds. The van der Waals surface area contributed by atoms with Crippen molar-refractivity contribution in [3.05, 3.63) is 211 Å². The van der Waals surface area contributed by atoms with Gasteiger partial charge in [0.25, 0.3) is 0 Å². The van der Waals surface area contributed by atoms with Gasteiger partial charge in [-0.15, -0.1) is 0 Å². The standard InChI is InChI=1S/C59H49N5Si/c1-58(2)36-37-59(3,4)50-39-44(34-35-49(50)58)65(41-21-7-5-8-22-41,42-23-9-6-10-24-42)43-25-19-20-40(38-43)55-60-56(63-51-30-15-11-26-45(51)46-27-12-16-31-52(46)63)62-57(61-55)64-53-32-17-13-28-47(53)48-29-14-18-33-54(48)64/h5-35,38-39H,36-37H2,1-4H3. The average Bonchev–Trinajstić information content (AvgIpc) is 3.87. The van der Waals surface area contributed by atoms with Crippen molar-refractivity contribution in [3.63, 3.8) is 0 Å². The topological polar surface area (TPSA) is 48.5 Å². The molecule has 0 bridgehead atoms. The monoisotopic (exact) mass is 855 g/mol. The van der Waals surface area contributed by atoms with Crippen molar-refractivity contribution in [1.29, 1.82) is 0 Å². The van der Waals surface area contributed by atoms with E-state index in [0.717, 1.165) is 55.6 Å². The molecule has 0 unspecified atom stereocenters. The van der Waals surface area contributed by atoms with Gasteiger partial charge in [0, 0.05) is 27.1 Å². The molecule has 0 radical (unpaired) electrons. The zero-order valence-corrected chi connectivity index (χ0v) is 38.2. The zero-order chi connectivity index (χ0) is 43.9. The maximum absolute atomic E-state index is 5.49. The summed E-state index contributed by atoms with van der Waals surface area (Å²) >= 11 is 0. The number of rotatable bonds is 7. The molecule has 0 atom stereocenters. The van der Waals surface area contributed by atoms with Crippen LogP contribution in [-0.2, 0) is 10.8 Å². The van der Waals surface area contributed by atoms with Gasteiger partial charge in [-0.1, -0.05) is 204 Å². The Balaban J connectivity index is 1.16. The van der Waals surface area contributed by atoms with Crippen molar-refractivity contribution in [2.24, 2.45) is 0 Å². The molecule has 12 rings (SSSR count). The van der Waals surface area contributed by atoms with Crippen molar-refractivity contribution >= 4 is 72.4 Å². The Morgan fingerprint density at radius 3 is 1.25 bits per heavy atom. The average molecular weight is 856 g/mol. The molecule has 1 aliphatic rings. The normalized spacial score (nSPS) is 14.6. The van der Waals surface area contributed by atoms with Gasteiger partial charge in [0.1, 0.15) is 0 Å². The zero-order valence-electron chi connectivity index (χ0n) is 37.2. The highest BCUT2D eigenvalue weighted by atomic mass is 28.3. The summed E-state index contributed by atoms with van der Waals surface area (Å²) in [7, 11) is -2.99. The van der Waals surface area contributed by atoms with Crippen LogP contribution >= 0.6 is 0 Å². The van der Waals surface area contributed by atoms with E-state index in [4.69, 9.17) is 15.0 Å². The molecule has 0 N–H and O–H groups in total. The van der Waals surface area contributed by atoms with E-state index in [2.05, 4.69) is 237 Å². The fraction of sp³-hybridized carbons (Fsp3) is 0.136. The summed E-state index contributed by atoms with van der Waals surface area (Å²) in [6.07, 6.45) is 2.33. The fourth-order valence-electron chi connectivity index (χ4n) is 11.0. The molecule has 0 aliphatic heterocycles. The number of fused-ring (bicyclic) bond motifs is 7. The van der Waals surface area contributed by atoms with Gasteiger partial charge >= 0.3 is 0 Å². The fourth-order valence-corrected chi connectivity index (χ4v) is 15.8. The molecule has 0 spiro atoms. The first-order chi connectivity index (χ1) is 31.7. The minimum Gasteiger partial charge on any atom is -0.278 e. The second kappa shape index (κ2) is 14.8. The minimum absolute atomic E-state index is 0.0491. The first-order valence-corrected chi connectivity index (χ1v) is 24.8. The lowest BCUT2D eigenvalue weighted by atomic mass is 9.63. The molecular formula is C59H49N5Si. The summed E-state index contributed by atoms with van der Waals surface area (Å²) in [6, 6.07) is 73.4. The van der Waals surface area contributed by atoms with Gasteiger partial charge in [0.05, 0.1) is 22.1 Å². The predicted octanol–water partition coefficient (Wildman–Crippen LogP) is 11.5. The highest BCUT2D eigenvalue weighted by Crippen LogP contribution is 2.45. The SMILES string of the molecule is CC1(C)CCC(C)(C)c2cc([Si](c3ccccc3)(c3ccccc3)c3cccc(-c4nc(-n5c6ccccc6c6ccccc65)nc(-n5c6ccccc6c6ccccc65)n4)c3)ccc21. The predicted molar refractivity (Wildman–Crippen MR) is 273 cm³/mol. The van der Waals surface area contributed by atoms with Gasteiger partial charge in [-0.25, -0.2) is 0 Å². The van der Waals surface area contributed by atoms with Gasteiger partial charge in [-0.3, -0.25) is 9.13 Å². The van der Waals surface area contributed by atoms with Crippen LogP contribution < -0.4 is 20.7 Å². The van der Waals surface area contributed by atoms with E-state index in [-0.39, 0.29) is 10.8 Å². The Morgan fingerprint density at radius 2 is 0.769 bits per heavy atom. The number of benzene rings is 8. The summed E-state index contributed by atoms with van der Waals surface area (Å²) < 4.78 is 4.42. The molecule has 5 nitrogen and oxygen atoms in total. The Morgan fingerprint density at radius 1 is 0.369 bits per heavy atom. The van der Waals surface area contributed by atoms with E-state index in [1.807, 2.05) is 0 Å². The molecule has 11 aromatic rings. The third-order valence-electron chi connectivity index (χ3n) is 14.4. The summed E-state index contributed by atoms with van der Waals surface area (Å²) in [4.78, 5) is 16.4. The van der Waals surface area contributed by atoms with Crippen molar-refractivity contribution in [3.8, 4) is 23.3 Å². The molecule has 1 aliphatic carbocycles. The van der Waals surface area contributed by atoms with Crippen LogP contribution in [-0.4, -0.2) is 32.2 Å². The first-order valence-electron chi connectivity index (χ1n) is 22.8. The molecule has 65 heavy (non-hydrogen) atoms. The maximum Gasteiger partial charge on any atom is 0.240 e. The van der Waals surface area contributed by atoms with Crippen LogP contribution in [0.3, 0.4) is 0 Å². The van der Waals surface area contributed by atoms with Crippen molar-refractivity contribution in [1.82, 2.24) is 24.1 Å². The van der Waals surface area contributed by atoms with Crippen LogP contribution in [0.5, 0.6) is 0 Å². The van der Waals surface area contributed by atoms with E-state index in [0.29, 0.717) is 17.7 Å². The number of para-hydroxylation sites is 4. The summed E-state index contributed by atoms with van der Waals surface area (Å²) in [5, 5.41) is 9.95. The van der Waals surface area contributed by atoms with Crippen LogP contribution in [0.1, 0.15) is 51.7 Å². The van der Waals surface area contributed by atoms with E-state index in [9.17, 15) is 0 Å². The molecule has 6 heteroatoms. The molecular weight excluding hydrogens is 807 g/mol. The number of aromatic nitrogens is 5. The number of hydrogen-bond donors (Lipinski definition) is 0. The molecule has 3 heterocycles. The molecule has 0 fully saturated rings. The highest BCUT2D eigenvalue weighted by Gasteiger charge is 2.44. The van der Waals surface area contributed by atoms with Crippen LogP contribution in [0.25, 0.3) is 66.9 Å². The Bertz CT molecular complexity index is 3340. The number of hydrogen-bond acceptors (Lipinski definition) is 3. The summed E-state index contributed by atoms with van der Waals surface area (Å²) in [5.41, 5.74) is 8.22. The van der Waals surface area contributed by atoms with Gasteiger partial charge in [-0.05, 0) is 79.8 Å². The Kier molecular flexibility index (Phi) is 8.94.